The third-order valence-corrected chi connectivity index (χ3v) is 6.63. The molecule has 0 spiro atoms. The van der Waals surface area contributed by atoms with Gasteiger partial charge in [-0.1, -0.05) is 69.6 Å². The number of hydrogen-bond donors (Lipinski definition) is 0. The quantitative estimate of drug-likeness (QED) is 0.304. The van der Waals surface area contributed by atoms with E-state index >= 15 is 0 Å². The van der Waals surface area contributed by atoms with Crippen LogP contribution in [0.25, 0.3) is 0 Å². The summed E-state index contributed by atoms with van der Waals surface area (Å²) >= 11 is 0. The maximum absolute atomic E-state index is 12.5. The Hall–Kier alpha value is -2.87. The lowest BCUT2D eigenvalue weighted by molar-refractivity contribution is -0.132. The normalized spacial score (nSPS) is 13.4. The van der Waals surface area contributed by atoms with Crippen LogP contribution in [0.5, 0.6) is 5.75 Å². The first-order valence-electron chi connectivity index (χ1n) is 9.99. The van der Waals surface area contributed by atoms with Crippen molar-refractivity contribution in [1.82, 2.24) is 0 Å². The summed E-state index contributed by atoms with van der Waals surface area (Å²) in [5, 5.41) is 3.55. The Morgan fingerprint density at radius 1 is 1.06 bits per heavy atom. The standard InChI is InChI=1S/C23H29NO6S/c1-6-23(3,4)17(2)16-29-19-12-14-20(15-13-19)31(26,27)30-24-21(22(25)28-5)18-10-8-7-9-11-18/h7-15,17H,6,16H2,1-5H3/b24-21-/t17-/m1/s1. The van der Waals surface area contributed by atoms with Crippen LogP contribution in [0.2, 0.25) is 0 Å². The molecule has 0 amide bonds. The van der Waals surface area contributed by atoms with Crippen LogP contribution in [-0.4, -0.2) is 33.8 Å². The van der Waals surface area contributed by atoms with Gasteiger partial charge in [0.15, 0.2) is 5.71 Å². The topological polar surface area (TPSA) is 91.3 Å². The van der Waals surface area contributed by atoms with Crippen LogP contribution in [0.3, 0.4) is 0 Å². The molecule has 1 atom stereocenters. The molecule has 0 aliphatic carbocycles. The predicted molar refractivity (Wildman–Crippen MR) is 118 cm³/mol. The fraction of sp³-hybridized carbons (Fsp3) is 0.391. The average Bonchev–Trinajstić information content (AvgIpc) is 2.78. The summed E-state index contributed by atoms with van der Waals surface area (Å²) in [6.07, 6.45) is 1.03. The molecule has 2 rings (SSSR count). The van der Waals surface area contributed by atoms with Gasteiger partial charge in [-0.25, -0.2) is 4.79 Å². The first-order valence-corrected chi connectivity index (χ1v) is 11.4. The molecule has 8 heteroatoms. The number of nitrogens with zero attached hydrogens (tertiary/aromatic N) is 1. The molecule has 0 saturated heterocycles. The van der Waals surface area contributed by atoms with Gasteiger partial charge in [-0.2, -0.15) is 8.42 Å². The van der Waals surface area contributed by atoms with Gasteiger partial charge in [-0.3, -0.25) is 4.28 Å². The zero-order valence-corrected chi connectivity index (χ0v) is 19.3. The molecule has 0 N–H and O–H groups in total. The van der Waals surface area contributed by atoms with Crippen molar-refractivity contribution in [3.05, 3.63) is 60.2 Å². The van der Waals surface area contributed by atoms with E-state index in [0.29, 0.717) is 23.8 Å². The molecule has 168 valence electrons. The van der Waals surface area contributed by atoms with Crippen molar-refractivity contribution < 1.29 is 27.0 Å². The van der Waals surface area contributed by atoms with E-state index in [1.807, 2.05) is 0 Å². The van der Waals surface area contributed by atoms with Crippen molar-refractivity contribution in [2.75, 3.05) is 13.7 Å². The molecule has 0 aliphatic rings. The molecule has 0 bridgehead atoms. The Morgan fingerprint density at radius 3 is 2.23 bits per heavy atom. The summed E-state index contributed by atoms with van der Waals surface area (Å²) < 4.78 is 40.3. The number of ether oxygens (including phenoxy) is 2. The zero-order chi connectivity index (χ0) is 23.1. The summed E-state index contributed by atoms with van der Waals surface area (Å²) in [6, 6.07) is 14.2. The van der Waals surface area contributed by atoms with Crippen LogP contribution in [0, 0.1) is 11.3 Å². The van der Waals surface area contributed by atoms with Gasteiger partial charge in [-0.05, 0) is 35.6 Å². The Kier molecular flexibility index (Phi) is 8.21. The zero-order valence-electron chi connectivity index (χ0n) is 18.5. The van der Waals surface area contributed by atoms with E-state index in [1.54, 1.807) is 42.5 Å². The lowest BCUT2D eigenvalue weighted by atomic mass is 9.78. The maximum Gasteiger partial charge on any atom is 0.360 e. The van der Waals surface area contributed by atoms with Crippen LogP contribution >= 0.6 is 0 Å². The van der Waals surface area contributed by atoms with Gasteiger partial charge in [0.25, 0.3) is 0 Å². The third-order valence-electron chi connectivity index (χ3n) is 5.51. The number of carbonyl (C=O) groups is 1. The highest BCUT2D eigenvalue weighted by Gasteiger charge is 2.24. The number of oxime groups is 1. The third kappa shape index (κ3) is 6.55. The summed E-state index contributed by atoms with van der Waals surface area (Å²) in [4.78, 5) is 11.9. The van der Waals surface area contributed by atoms with Gasteiger partial charge >= 0.3 is 16.1 Å². The lowest BCUT2D eigenvalue weighted by Gasteiger charge is -2.30. The molecule has 0 aliphatic heterocycles. The summed E-state index contributed by atoms with van der Waals surface area (Å²) in [6.45, 7) is 9.16. The van der Waals surface area contributed by atoms with Crippen LogP contribution in [0.4, 0.5) is 0 Å². The van der Waals surface area contributed by atoms with Crippen molar-refractivity contribution in [3.63, 3.8) is 0 Å². The fourth-order valence-electron chi connectivity index (χ4n) is 2.53. The summed E-state index contributed by atoms with van der Waals surface area (Å²) in [5.41, 5.74) is 0.266. The molecule has 0 heterocycles. The van der Waals surface area contributed by atoms with Gasteiger partial charge in [-0.15, -0.1) is 0 Å². The molecule has 0 fully saturated rings. The number of esters is 1. The molecule has 0 saturated carbocycles. The van der Waals surface area contributed by atoms with Crippen LogP contribution < -0.4 is 4.74 Å². The van der Waals surface area contributed by atoms with Gasteiger partial charge in [0.05, 0.1) is 13.7 Å². The van der Waals surface area contributed by atoms with Crippen molar-refractivity contribution in [2.45, 2.75) is 39.0 Å². The number of rotatable bonds is 10. The summed E-state index contributed by atoms with van der Waals surface area (Å²) in [7, 11) is -3.05. The first-order chi connectivity index (χ1) is 14.6. The van der Waals surface area contributed by atoms with Crippen molar-refractivity contribution in [1.29, 1.82) is 0 Å². The minimum absolute atomic E-state index is 0.109. The van der Waals surface area contributed by atoms with Gasteiger partial charge in [0.1, 0.15) is 10.6 Å². The van der Waals surface area contributed by atoms with Crippen molar-refractivity contribution in [3.8, 4) is 5.75 Å². The molecular weight excluding hydrogens is 418 g/mol. The van der Waals surface area contributed by atoms with E-state index in [-0.39, 0.29) is 16.0 Å². The highest BCUT2D eigenvalue weighted by atomic mass is 32.2. The Bertz CT molecular complexity index is 998. The minimum atomic E-state index is -4.23. The fourth-order valence-corrected chi connectivity index (χ4v) is 3.26. The largest absolute Gasteiger partial charge is 0.493 e. The van der Waals surface area contributed by atoms with E-state index in [4.69, 9.17) is 9.02 Å². The van der Waals surface area contributed by atoms with E-state index < -0.39 is 16.1 Å². The van der Waals surface area contributed by atoms with Gasteiger partial charge in [0.2, 0.25) is 0 Å². The highest BCUT2D eigenvalue weighted by Crippen LogP contribution is 2.30. The second-order valence-corrected chi connectivity index (χ2v) is 9.38. The number of carbonyl (C=O) groups excluding carboxylic acids is 1. The number of hydrogen-bond acceptors (Lipinski definition) is 7. The molecule has 31 heavy (non-hydrogen) atoms. The van der Waals surface area contributed by atoms with Crippen molar-refractivity contribution >= 4 is 21.8 Å². The minimum Gasteiger partial charge on any atom is -0.493 e. The van der Waals surface area contributed by atoms with Crippen LogP contribution in [-0.2, 0) is 23.9 Å². The van der Waals surface area contributed by atoms with E-state index in [9.17, 15) is 13.2 Å². The SMILES string of the molecule is CCC(C)(C)[C@H](C)COc1ccc(S(=O)(=O)O/N=C(\C(=O)OC)c2ccccc2)cc1. The molecule has 2 aromatic rings. The smallest absolute Gasteiger partial charge is 0.360 e. The van der Waals surface area contributed by atoms with Crippen molar-refractivity contribution in [2.24, 2.45) is 16.5 Å². The van der Waals surface area contributed by atoms with Crippen LogP contribution in [0.1, 0.15) is 39.7 Å². The second-order valence-electron chi connectivity index (χ2n) is 7.85. The highest BCUT2D eigenvalue weighted by molar-refractivity contribution is 7.86. The number of methoxy groups -OCH3 is 1. The van der Waals surface area contributed by atoms with Gasteiger partial charge < -0.3 is 9.47 Å². The Balaban J connectivity index is 2.13. The number of benzene rings is 2. The average molecular weight is 448 g/mol. The molecule has 0 unspecified atom stereocenters. The summed E-state index contributed by atoms with van der Waals surface area (Å²) in [5.74, 6) is 0.0725. The lowest BCUT2D eigenvalue weighted by Crippen LogP contribution is -2.26. The Labute approximate surface area is 184 Å². The van der Waals surface area contributed by atoms with Crippen LogP contribution in [0.15, 0.2) is 64.6 Å². The van der Waals surface area contributed by atoms with E-state index in [2.05, 4.69) is 37.6 Å². The molecule has 0 radical (unpaired) electrons. The second kappa shape index (κ2) is 10.4. The van der Waals surface area contributed by atoms with Gasteiger partial charge in [0, 0.05) is 5.56 Å². The molecule has 2 aromatic carbocycles. The Morgan fingerprint density at radius 2 is 1.68 bits per heavy atom. The van der Waals surface area contributed by atoms with E-state index in [0.717, 1.165) is 6.42 Å². The first kappa shape index (κ1) is 24.4. The monoisotopic (exact) mass is 447 g/mol. The maximum atomic E-state index is 12.5. The molecular formula is C23H29NO6S. The molecule has 7 nitrogen and oxygen atoms in total. The molecule has 0 aromatic heterocycles. The predicted octanol–water partition coefficient (Wildman–Crippen LogP) is 4.42. The van der Waals surface area contributed by atoms with E-state index in [1.165, 1.54) is 19.2 Å².